The minimum atomic E-state index is -0.285. The second-order valence-corrected chi connectivity index (χ2v) is 3.45. The molecular formula is C12H15FN2. The van der Waals surface area contributed by atoms with E-state index < -0.39 is 0 Å². The van der Waals surface area contributed by atoms with Crippen molar-refractivity contribution in [3.63, 3.8) is 0 Å². The predicted octanol–water partition coefficient (Wildman–Crippen LogP) is 2.57. The van der Waals surface area contributed by atoms with E-state index in [9.17, 15) is 4.39 Å². The van der Waals surface area contributed by atoms with Crippen molar-refractivity contribution in [2.45, 2.75) is 19.4 Å². The number of hydrogen-bond donors (Lipinski definition) is 1. The summed E-state index contributed by atoms with van der Waals surface area (Å²) in [5, 5.41) is 11.8. The third-order valence-electron chi connectivity index (χ3n) is 2.30. The van der Waals surface area contributed by atoms with Gasteiger partial charge >= 0.3 is 0 Å². The summed E-state index contributed by atoms with van der Waals surface area (Å²) in [7, 11) is 0. The van der Waals surface area contributed by atoms with Crippen molar-refractivity contribution >= 4 is 0 Å². The Morgan fingerprint density at radius 2 is 2.07 bits per heavy atom. The average molecular weight is 206 g/mol. The molecule has 2 nitrogen and oxygen atoms in total. The summed E-state index contributed by atoms with van der Waals surface area (Å²) in [6.45, 7) is 2.42. The van der Waals surface area contributed by atoms with Crippen molar-refractivity contribution in [2.24, 2.45) is 0 Å². The molecule has 1 N–H and O–H groups in total. The molecule has 1 atom stereocenters. The first-order valence-corrected chi connectivity index (χ1v) is 5.07. The van der Waals surface area contributed by atoms with E-state index in [1.807, 2.05) is 19.1 Å². The van der Waals surface area contributed by atoms with Crippen LogP contribution in [0.2, 0.25) is 0 Å². The monoisotopic (exact) mass is 206 g/mol. The van der Waals surface area contributed by atoms with Gasteiger partial charge in [-0.05, 0) is 37.6 Å². The number of halogens is 1. The summed E-state index contributed by atoms with van der Waals surface area (Å²) in [6.07, 6.45) is 0.542. The third kappa shape index (κ3) is 3.69. The molecular weight excluding hydrogens is 191 g/mol. The molecule has 0 saturated heterocycles. The van der Waals surface area contributed by atoms with Gasteiger partial charge in [0, 0.05) is 6.04 Å². The molecule has 80 valence electrons. The number of nitrogens with one attached hydrogen (secondary N) is 1. The zero-order chi connectivity index (χ0) is 11.1. The van der Waals surface area contributed by atoms with Gasteiger partial charge in [0.25, 0.3) is 0 Å². The molecule has 0 aliphatic heterocycles. The summed E-state index contributed by atoms with van der Waals surface area (Å²) in [5.74, 6) is 0. The Kier molecular flexibility index (Phi) is 4.79. The van der Waals surface area contributed by atoms with Gasteiger partial charge in [-0.1, -0.05) is 12.1 Å². The highest BCUT2D eigenvalue weighted by Crippen LogP contribution is 2.12. The van der Waals surface area contributed by atoms with Crippen molar-refractivity contribution in [3.05, 3.63) is 35.4 Å². The molecule has 15 heavy (non-hydrogen) atoms. The minimum absolute atomic E-state index is 0.198. The fraction of sp³-hybridized carbons (Fsp3) is 0.417. The molecule has 1 aromatic rings. The highest BCUT2D eigenvalue weighted by Gasteiger charge is 2.03. The lowest BCUT2D eigenvalue weighted by Crippen LogP contribution is -2.20. The Bertz CT molecular complexity index is 326. The maximum atomic E-state index is 11.9. The van der Waals surface area contributed by atoms with Gasteiger partial charge in [-0.25, -0.2) is 0 Å². The van der Waals surface area contributed by atoms with E-state index in [4.69, 9.17) is 5.26 Å². The summed E-state index contributed by atoms with van der Waals surface area (Å²) in [4.78, 5) is 0. The Morgan fingerprint density at radius 3 is 2.60 bits per heavy atom. The second kappa shape index (κ2) is 6.15. The zero-order valence-corrected chi connectivity index (χ0v) is 8.83. The highest BCUT2D eigenvalue weighted by molar-refractivity contribution is 5.32. The van der Waals surface area contributed by atoms with Gasteiger partial charge in [0.05, 0.1) is 18.3 Å². The van der Waals surface area contributed by atoms with Gasteiger partial charge in [-0.3, -0.25) is 4.39 Å². The lowest BCUT2D eigenvalue weighted by molar-refractivity contribution is 0.446. The minimum Gasteiger partial charge on any atom is -0.310 e. The molecule has 1 rings (SSSR count). The van der Waals surface area contributed by atoms with Crippen molar-refractivity contribution in [2.75, 3.05) is 13.2 Å². The van der Waals surface area contributed by atoms with E-state index in [-0.39, 0.29) is 12.7 Å². The van der Waals surface area contributed by atoms with Crippen molar-refractivity contribution in [3.8, 4) is 6.07 Å². The summed E-state index contributed by atoms with van der Waals surface area (Å²) >= 11 is 0. The topological polar surface area (TPSA) is 35.8 Å². The Hall–Kier alpha value is -1.40. The molecule has 1 unspecified atom stereocenters. The fourth-order valence-corrected chi connectivity index (χ4v) is 1.35. The highest BCUT2D eigenvalue weighted by atomic mass is 19.1. The van der Waals surface area contributed by atoms with Crippen molar-refractivity contribution < 1.29 is 4.39 Å². The summed E-state index contributed by atoms with van der Waals surface area (Å²) in [5.41, 5.74) is 1.78. The molecule has 3 heteroatoms. The van der Waals surface area contributed by atoms with Crippen LogP contribution in [0.3, 0.4) is 0 Å². The number of alkyl halides is 1. The van der Waals surface area contributed by atoms with Crippen LogP contribution in [0.5, 0.6) is 0 Å². The first-order chi connectivity index (χ1) is 7.27. The first-order valence-electron chi connectivity index (χ1n) is 5.07. The van der Waals surface area contributed by atoms with Crippen molar-refractivity contribution in [1.29, 1.82) is 5.26 Å². The molecule has 0 saturated carbocycles. The Balaban J connectivity index is 2.51. The van der Waals surface area contributed by atoms with E-state index in [1.54, 1.807) is 12.1 Å². The van der Waals surface area contributed by atoms with Gasteiger partial charge in [0.2, 0.25) is 0 Å². The molecule has 1 aromatic carbocycles. The van der Waals surface area contributed by atoms with E-state index in [1.165, 1.54) is 0 Å². The second-order valence-electron chi connectivity index (χ2n) is 3.45. The normalized spacial score (nSPS) is 12.1. The van der Waals surface area contributed by atoms with E-state index in [0.29, 0.717) is 18.5 Å². The maximum Gasteiger partial charge on any atom is 0.0991 e. The fourth-order valence-electron chi connectivity index (χ4n) is 1.35. The van der Waals surface area contributed by atoms with E-state index in [0.717, 1.165) is 5.56 Å². The van der Waals surface area contributed by atoms with Crippen LogP contribution in [0.15, 0.2) is 24.3 Å². The van der Waals surface area contributed by atoms with Gasteiger partial charge < -0.3 is 5.32 Å². The third-order valence-corrected chi connectivity index (χ3v) is 2.30. The number of rotatable bonds is 5. The predicted molar refractivity (Wildman–Crippen MR) is 58.2 cm³/mol. The molecule has 0 aromatic heterocycles. The molecule has 0 radical (unpaired) electrons. The standard InChI is InChI=1S/C12H15FN2/c1-10(15-8-2-7-13)12-5-3-11(9-14)4-6-12/h3-6,10,15H,2,7-8H2,1H3. The zero-order valence-electron chi connectivity index (χ0n) is 8.83. The van der Waals surface area contributed by atoms with Gasteiger partial charge in [0.1, 0.15) is 0 Å². The van der Waals surface area contributed by atoms with Gasteiger partial charge in [-0.15, -0.1) is 0 Å². The van der Waals surface area contributed by atoms with E-state index >= 15 is 0 Å². The molecule has 0 aliphatic rings. The quantitative estimate of drug-likeness (QED) is 0.751. The Morgan fingerprint density at radius 1 is 1.40 bits per heavy atom. The molecule has 0 fully saturated rings. The van der Waals surface area contributed by atoms with Crippen LogP contribution in [0, 0.1) is 11.3 Å². The van der Waals surface area contributed by atoms with Crippen LogP contribution < -0.4 is 5.32 Å². The molecule has 0 bridgehead atoms. The van der Waals surface area contributed by atoms with E-state index in [2.05, 4.69) is 11.4 Å². The lowest BCUT2D eigenvalue weighted by atomic mass is 10.1. The molecule has 0 amide bonds. The summed E-state index contributed by atoms with van der Waals surface area (Å²) in [6, 6.07) is 9.71. The Labute approximate surface area is 89.7 Å². The number of hydrogen-bond acceptors (Lipinski definition) is 2. The van der Waals surface area contributed by atoms with Crippen LogP contribution >= 0.6 is 0 Å². The molecule has 0 spiro atoms. The number of nitriles is 1. The SMILES string of the molecule is CC(NCCCF)c1ccc(C#N)cc1. The first kappa shape index (κ1) is 11.7. The molecule has 0 aliphatic carbocycles. The van der Waals surface area contributed by atoms with Gasteiger partial charge in [-0.2, -0.15) is 5.26 Å². The lowest BCUT2D eigenvalue weighted by Gasteiger charge is -2.13. The summed E-state index contributed by atoms with van der Waals surface area (Å²) < 4.78 is 11.9. The van der Waals surface area contributed by atoms with Crippen LogP contribution in [0.25, 0.3) is 0 Å². The number of benzene rings is 1. The average Bonchev–Trinajstić information content (AvgIpc) is 2.29. The van der Waals surface area contributed by atoms with Crippen LogP contribution in [0.4, 0.5) is 4.39 Å². The smallest absolute Gasteiger partial charge is 0.0991 e. The maximum absolute atomic E-state index is 11.9. The van der Waals surface area contributed by atoms with Crippen LogP contribution in [-0.2, 0) is 0 Å². The van der Waals surface area contributed by atoms with Crippen molar-refractivity contribution in [1.82, 2.24) is 5.32 Å². The molecule has 0 heterocycles. The van der Waals surface area contributed by atoms with Gasteiger partial charge in [0.15, 0.2) is 0 Å². The van der Waals surface area contributed by atoms with Crippen LogP contribution in [0.1, 0.15) is 30.5 Å². The number of nitrogens with zero attached hydrogens (tertiary/aromatic N) is 1. The van der Waals surface area contributed by atoms with Crippen LogP contribution in [-0.4, -0.2) is 13.2 Å². The largest absolute Gasteiger partial charge is 0.310 e.